The molecule has 13 heavy (non-hydrogen) atoms. The lowest BCUT2D eigenvalue weighted by Gasteiger charge is -2.22. The quantitative estimate of drug-likeness (QED) is 0.665. The Labute approximate surface area is 79.2 Å². The first kappa shape index (κ1) is 10.3. The zero-order valence-corrected chi connectivity index (χ0v) is 8.08. The van der Waals surface area contributed by atoms with Gasteiger partial charge in [0, 0.05) is 25.2 Å². The first-order valence-corrected chi connectivity index (χ1v) is 4.74. The fourth-order valence-electron chi connectivity index (χ4n) is 1.36. The SMILES string of the molecule is C=CC(C)NC(=O)C1CCOCC1. The maximum atomic E-state index is 11.6. The van der Waals surface area contributed by atoms with Crippen molar-refractivity contribution in [3.05, 3.63) is 12.7 Å². The molecule has 0 spiro atoms. The molecule has 1 amide bonds. The molecule has 0 aromatic carbocycles. The van der Waals surface area contributed by atoms with E-state index in [0.717, 1.165) is 12.8 Å². The maximum absolute atomic E-state index is 11.6. The molecule has 1 atom stereocenters. The van der Waals surface area contributed by atoms with Gasteiger partial charge in [-0.15, -0.1) is 6.58 Å². The predicted molar refractivity (Wildman–Crippen MR) is 51.3 cm³/mol. The molecule has 1 unspecified atom stereocenters. The smallest absolute Gasteiger partial charge is 0.223 e. The Kier molecular flexibility index (Phi) is 3.96. The van der Waals surface area contributed by atoms with Gasteiger partial charge in [-0.2, -0.15) is 0 Å². The third-order valence-corrected chi connectivity index (χ3v) is 2.32. The van der Waals surface area contributed by atoms with Crippen LogP contribution >= 0.6 is 0 Å². The molecule has 1 aliphatic rings. The van der Waals surface area contributed by atoms with Crippen molar-refractivity contribution in [2.75, 3.05) is 13.2 Å². The van der Waals surface area contributed by atoms with Crippen LogP contribution in [0.5, 0.6) is 0 Å². The molecule has 3 nitrogen and oxygen atoms in total. The Morgan fingerprint density at radius 1 is 1.62 bits per heavy atom. The lowest BCUT2D eigenvalue weighted by atomic mass is 9.99. The highest BCUT2D eigenvalue weighted by molar-refractivity contribution is 5.79. The van der Waals surface area contributed by atoms with Crippen LogP contribution in [-0.4, -0.2) is 25.2 Å². The summed E-state index contributed by atoms with van der Waals surface area (Å²) in [4.78, 5) is 11.6. The van der Waals surface area contributed by atoms with Gasteiger partial charge >= 0.3 is 0 Å². The number of ether oxygens (including phenoxy) is 1. The van der Waals surface area contributed by atoms with Gasteiger partial charge in [0.1, 0.15) is 0 Å². The first-order chi connectivity index (χ1) is 6.24. The molecule has 1 rings (SSSR count). The second-order valence-corrected chi connectivity index (χ2v) is 3.42. The van der Waals surface area contributed by atoms with E-state index in [2.05, 4.69) is 11.9 Å². The van der Waals surface area contributed by atoms with Gasteiger partial charge in [-0.05, 0) is 19.8 Å². The van der Waals surface area contributed by atoms with Crippen LogP contribution in [0.3, 0.4) is 0 Å². The summed E-state index contributed by atoms with van der Waals surface area (Å²) >= 11 is 0. The minimum absolute atomic E-state index is 0.0651. The molecule has 1 aliphatic heterocycles. The standard InChI is InChI=1S/C10H17NO2/c1-3-8(2)11-10(12)9-4-6-13-7-5-9/h3,8-9H,1,4-7H2,2H3,(H,11,12). The summed E-state index contributed by atoms with van der Waals surface area (Å²) in [6.45, 7) is 6.96. The Balaban J connectivity index is 2.32. The average Bonchev–Trinajstić information content (AvgIpc) is 2.19. The van der Waals surface area contributed by atoms with Crippen molar-refractivity contribution in [1.82, 2.24) is 5.32 Å². The molecule has 1 N–H and O–H groups in total. The van der Waals surface area contributed by atoms with E-state index < -0.39 is 0 Å². The number of rotatable bonds is 3. The molecule has 0 aromatic heterocycles. The highest BCUT2D eigenvalue weighted by Crippen LogP contribution is 2.14. The summed E-state index contributed by atoms with van der Waals surface area (Å²) in [5.41, 5.74) is 0. The second kappa shape index (κ2) is 5.02. The van der Waals surface area contributed by atoms with Crippen molar-refractivity contribution in [3.8, 4) is 0 Å². The van der Waals surface area contributed by atoms with E-state index in [1.54, 1.807) is 6.08 Å². The zero-order valence-electron chi connectivity index (χ0n) is 8.08. The zero-order chi connectivity index (χ0) is 9.68. The van der Waals surface area contributed by atoms with Crippen LogP contribution in [-0.2, 0) is 9.53 Å². The highest BCUT2D eigenvalue weighted by Gasteiger charge is 2.21. The number of carbonyl (C=O) groups is 1. The molecular weight excluding hydrogens is 166 g/mol. The Hall–Kier alpha value is -0.830. The molecule has 0 aliphatic carbocycles. The molecule has 0 radical (unpaired) electrons. The molecule has 1 saturated heterocycles. The molecule has 0 saturated carbocycles. The molecule has 3 heteroatoms. The topological polar surface area (TPSA) is 38.3 Å². The van der Waals surface area contributed by atoms with Gasteiger partial charge in [-0.1, -0.05) is 6.08 Å². The van der Waals surface area contributed by atoms with Crippen LogP contribution in [0.15, 0.2) is 12.7 Å². The molecule has 74 valence electrons. The second-order valence-electron chi connectivity index (χ2n) is 3.42. The van der Waals surface area contributed by atoms with Crippen molar-refractivity contribution < 1.29 is 9.53 Å². The van der Waals surface area contributed by atoms with Crippen molar-refractivity contribution in [1.29, 1.82) is 0 Å². The molecule has 0 bridgehead atoms. The van der Waals surface area contributed by atoms with Crippen molar-refractivity contribution >= 4 is 5.91 Å². The van der Waals surface area contributed by atoms with Crippen LogP contribution in [0.2, 0.25) is 0 Å². The lowest BCUT2D eigenvalue weighted by Crippen LogP contribution is -2.38. The largest absolute Gasteiger partial charge is 0.381 e. The summed E-state index contributed by atoms with van der Waals surface area (Å²) in [5.74, 6) is 0.270. The third kappa shape index (κ3) is 3.19. The summed E-state index contributed by atoms with van der Waals surface area (Å²) < 4.78 is 5.18. The van der Waals surface area contributed by atoms with Crippen molar-refractivity contribution in [2.24, 2.45) is 5.92 Å². The van der Waals surface area contributed by atoms with Gasteiger partial charge < -0.3 is 10.1 Å². The van der Waals surface area contributed by atoms with Gasteiger partial charge in [0.05, 0.1) is 0 Å². The van der Waals surface area contributed by atoms with E-state index in [-0.39, 0.29) is 17.9 Å². The minimum atomic E-state index is 0.0651. The first-order valence-electron chi connectivity index (χ1n) is 4.74. The van der Waals surface area contributed by atoms with Gasteiger partial charge in [-0.25, -0.2) is 0 Å². The summed E-state index contributed by atoms with van der Waals surface area (Å²) in [6, 6.07) is 0.0651. The van der Waals surface area contributed by atoms with Gasteiger partial charge in [0.2, 0.25) is 5.91 Å². The normalized spacial score (nSPS) is 20.7. The van der Waals surface area contributed by atoms with Crippen molar-refractivity contribution in [3.63, 3.8) is 0 Å². The van der Waals surface area contributed by atoms with E-state index in [0.29, 0.717) is 13.2 Å². The van der Waals surface area contributed by atoms with Crippen molar-refractivity contribution in [2.45, 2.75) is 25.8 Å². The molecular formula is C10H17NO2. The monoisotopic (exact) mass is 183 g/mol. The number of hydrogen-bond acceptors (Lipinski definition) is 2. The Morgan fingerprint density at radius 3 is 2.77 bits per heavy atom. The van der Waals surface area contributed by atoms with Gasteiger partial charge in [0.15, 0.2) is 0 Å². The molecule has 0 aromatic rings. The predicted octanol–water partition coefficient (Wildman–Crippen LogP) is 1.10. The number of amides is 1. The summed E-state index contributed by atoms with van der Waals surface area (Å²) in [6.07, 6.45) is 3.42. The molecule has 1 heterocycles. The summed E-state index contributed by atoms with van der Waals surface area (Å²) in [5, 5.41) is 2.89. The summed E-state index contributed by atoms with van der Waals surface area (Å²) in [7, 11) is 0. The fraction of sp³-hybridized carbons (Fsp3) is 0.700. The number of carbonyl (C=O) groups excluding carboxylic acids is 1. The van der Waals surface area contributed by atoms with E-state index >= 15 is 0 Å². The third-order valence-electron chi connectivity index (χ3n) is 2.32. The van der Waals surface area contributed by atoms with E-state index in [9.17, 15) is 4.79 Å². The Morgan fingerprint density at radius 2 is 2.23 bits per heavy atom. The average molecular weight is 183 g/mol. The molecule has 1 fully saturated rings. The Bertz CT molecular complexity index is 185. The lowest BCUT2D eigenvalue weighted by molar-refractivity contribution is -0.128. The minimum Gasteiger partial charge on any atom is -0.381 e. The van der Waals surface area contributed by atoms with Crippen LogP contribution in [0.1, 0.15) is 19.8 Å². The number of nitrogens with one attached hydrogen (secondary N) is 1. The van der Waals surface area contributed by atoms with Crippen LogP contribution in [0, 0.1) is 5.92 Å². The van der Waals surface area contributed by atoms with Crippen LogP contribution < -0.4 is 5.32 Å². The van der Waals surface area contributed by atoms with Gasteiger partial charge in [0.25, 0.3) is 0 Å². The van der Waals surface area contributed by atoms with E-state index in [1.165, 1.54) is 0 Å². The number of hydrogen-bond donors (Lipinski definition) is 1. The van der Waals surface area contributed by atoms with Gasteiger partial charge in [-0.3, -0.25) is 4.79 Å². The highest BCUT2D eigenvalue weighted by atomic mass is 16.5. The van der Waals surface area contributed by atoms with Crippen LogP contribution in [0.25, 0.3) is 0 Å². The van der Waals surface area contributed by atoms with Crippen LogP contribution in [0.4, 0.5) is 0 Å². The fourth-order valence-corrected chi connectivity index (χ4v) is 1.36. The van der Waals surface area contributed by atoms with E-state index in [4.69, 9.17) is 4.74 Å². The maximum Gasteiger partial charge on any atom is 0.223 e. The van der Waals surface area contributed by atoms with E-state index in [1.807, 2.05) is 6.92 Å².